The van der Waals surface area contributed by atoms with Crippen LogP contribution in [0.25, 0.3) is 0 Å². The first kappa shape index (κ1) is 28.3. The predicted molar refractivity (Wildman–Crippen MR) is 147 cm³/mol. The number of halogens is 1. The quantitative estimate of drug-likeness (QED) is 0.563. The SMILES string of the molecule is CCOC(=O)C1=C(CN2CCN(C(=O)c3cccc(F)c3)CC2)N(C)C(=O)NC1c1ccc(C(C)(C)C)cc1. The molecule has 0 aliphatic carbocycles. The molecule has 1 saturated heterocycles. The van der Waals surface area contributed by atoms with Gasteiger partial charge in [0.25, 0.3) is 5.91 Å². The number of amides is 3. The van der Waals surface area contributed by atoms with Gasteiger partial charge in [-0.3, -0.25) is 14.6 Å². The summed E-state index contributed by atoms with van der Waals surface area (Å²) in [7, 11) is 1.65. The van der Waals surface area contributed by atoms with E-state index in [1.807, 2.05) is 24.3 Å². The first-order valence-corrected chi connectivity index (χ1v) is 13.3. The fourth-order valence-electron chi connectivity index (χ4n) is 4.95. The van der Waals surface area contributed by atoms with E-state index in [-0.39, 0.29) is 24.0 Å². The van der Waals surface area contributed by atoms with Crippen molar-refractivity contribution in [1.82, 2.24) is 20.0 Å². The van der Waals surface area contributed by atoms with Gasteiger partial charge in [0.15, 0.2) is 0 Å². The van der Waals surface area contributed by atoms with E-state index >= 15 is 0 Å². The van der Waals surface area contributed by atoms with E-state index in [1.165, 1.54) is 23.1 Å². The molecule has 208 valence electrons. The Hall–Kier alpha value is -3.72. The lowest BCUT2D eigenvalue weighted by Crippen LogP contribution is -2.53. The van der Waals surface area contributed by atoms with Crippen LogP contribution in [0, 0.1) is 5.82 Å². The zero-order chi connectivity index (χ0) is 28.3. The minimum absolute atomic E-state index is 0.0300. The molecule has 2 aliphatic heterocycles. The van der Waals surface area contributed by atoms with Gasteiger partial charge < -0.3 is 15.0 Å². The zero-order valence-corrected chi connectivity index (χ0v) is 23.3. The molecule has 2 aromatic rings. The highest BCUT2D eigenvalue weighted by molar-refractivity contribution is 5.95. The highest BCUT2D eigenvalue weighted by atomic mass is 19.1. The van der Waals surface area contributed by atoms with Gasteiger partial charge in [-0.15, -0.1) is 0 Å². The Labute approximate surface area is 229 Å². The van der Waals surface area contributed by atoms with Crippen LogP contribution in [0.3, 0.4) is 0 Å². The molecule has 4 rings (SSSR count). The fourth-order valence-corrected chi connectivity index (χ4v) is 4.95. The van der Waals surface area contributed by atoms with Gasteiger partial charge in [-0.2, -0.15) is 0 Å². The van der Waals surface area contributed by atoms with Crippen molar-refractivity contribution in [3.05, 3.63) is 82.3 Å². The van der Waals surface area contributed by atoms with Crippen LogP contribution in [-0.2, 0) is 14.9 Å². The molecule has 2 aliphatic rings. The van der Waals surface area contributed by atoms with Gasteiger partial charge >= 0.3 is 12.0 Å². The molecule has 0 radical (unpaired) electrons. The Bertz CT molecular complexity index is 1260. The summed E-state index contributed by atoms with van der Waals surface area (Å²) in [6, 6.07) is 12.7. The van der Waals surface area contributed by atoms with Crippen LogP contribution in [-0.4, -0.2) is 79.0 Å². The minimum Gasteiger partial charge on any atom is -0.463 e. The molecule has 0 spiro atoms. The number of esters is 1. The van der Waals surface area contributed by atoms with E-state index in [4.69, 9.17) is 4.74 Å². The van der Waals surface area contributed by atoms with Crippen molar-refractivity contribution in [3.63, 3.8) is 0 Å². The molecule has 9 heteroatoms. The number of likely N-dealkylation sites (N-methyl/N-ethyl adjacent to an activating group) is 1. The van der Waals surface area contributed by atoms with E-state index in [0.29, 0.717) is 49.6 Å². The second kappa shape index (κ2) is 11.6. The summed E-state index contributed by atoms with van der Waals surface area (Å²) in [5.41, 5.74) is 3.22. The molecule has 1 atom stereocenters. The number of benzene rings is 2. The van der Waals surface area contributed by atoms with Gasteiger partial charge in [0, 0.05) is 51.0 Å². The lowest BCUT2D eigenvalue weighted by Gasteiger charge is -2.39. The number of hydrogen-bond donors (Lipinski definition) is 1. The lowest BCUT2D eigenvalue weighted by molar-refractivity contribution is -0.139. The van der Waals surface area contributed by atoms with Crippen molar-refractivity contribution in [3.8, 4) is 0 Å². The van der Waals surface area contributed by atoms with E-state index in [2.05, 4.69) is 31.0 Å². The molecule has 0 bridgehead atoms. The van der Waals surface area contributed by atoms with E-state index < -0.39 is 17.8 Å². The highest BCUT2D eigenvalue weighted by Crippen LogP contribution is 2.33. The van der Waals surface area contributed by atoms with E-state index in [9.17, 15) is 18.8 Å². The molecule has 0 saturated carbocycles. The zero-order valence-electron chi connectivity index (χ0n) is 23.3. The monoisotopic (exact) mass is 536 g/mol. The Morgan fingerprint density at radius 3 is 2.31 bits per heavy atom. The molecule has 1 N–H and O–H groups in total. The summed E-state index contributed by atoms with van der Waals surface area (Å²) in [6.07, 6.45) is 0. The summed E-state index contributed by atoms with van der Waals surface area (Å²) < 4.78 is 19.1. The third-order valence-electron chi connectivity index (χ3n) is 7.29. The average Bonchev–Trinajstić information content (AvgIpc) is 2.91. The summed E-state index contributed by atoms with van der Waals surface area (Å²) in [6.45, 7) is 10.7. The summed E-state index contributed by atoms with van der Waals surface area (Å²) >= 11 is 0. The normalized spacial score (nSPS) is 18.7. The molecular formula is C30H37FN4O4. The fraction of sp³-hybridized carbons (Fsp3) is 0.433. The van der Waals surface area contributed by atoms with Crippen LogP contribution in [0.1, 0.15) is 55.2 Å². The minimum atomic E-state index is -0.646. The van der Waals surface area contributed by atoms with Gasteiger partial charge in [-0.1, -0.05) is 51.1 Å². The van der Waals surface area contributed by atoms with Gasteiger partial charge in [-0.25, -0.2) is 14.0 Å². The van der Waals surface area contributed by atoms with E-state index in [0.717, 1.165) is 11.1 Å². The summed E-state index contributed by atoms with van der Waals surface area (Å²) in [5.74, 6) is -1.13. The number of urea groups is 1. The maximum Gasteiger partial charge on any atom is 0.338 e. The largest absolute Gasteiger partial charge is 0.463 e. The number of carbonyl (C=O) groups excluding carboxylic acids is 3. The molecule has 8 nitrogen and oxygen atoms in total. The van der Waals surface area contributed by atoms with Gasteiger partial charge in [-0.05, 0) is 41.7 Å². The summed E-state index contributed by atoms with van der Waals surface area (Å²) in [4.78, 5) is 44.4. The maximum atomic E-state index is 13.6. The maximum absolute atomic E-state index is 13.6. The number of rotatable bonds is 6. The molecule has 2 heterocycles. The molecule has 2 aromatic carbocycles. The molecule has 0 aromatic heterocycles. The lowest BCUT2D eigenvalue weighted by atomic mass is 9.85. The number of carbonyl (C=O) groups is 3. The number of nitrogens with one attached hydrogen (secondary N) is 1. The second-order valence-electron chi connectivity index (χ2n) is 11.0. The van der Waals surface area contributed by atoms with Crippen molar-refractivity contribution >= 4 is 17.9 Å². The number of hydrogen-bond acceptors (Lipinski definition) is 5. The second-order valence-corrected chi connectivity index (χ2v) is 11.0. The number of piperazine rings is 1. The van der Waals surface area contributed by atoms with Crippen LogP contribution < -0.4 is 5.32 Å². The Morgan fingerprint density at radius 2 is 1.72 bits per heavy atom. The predicted octanol–water partition coefficient (Wildman–Crippen LogP) is 4.09. The molecule has 1 fully saturated rings. The smallest absolute Gasteiger partial charge is 0.338 e. The van der Waals surface area contributed by atoms with Gasteiger partial charge in [0.1, 0.15) is 5.82 Å². The van der Waals surface area contributed by atoms with Crippen LogP contribution in [0.2, 0.25) is 0 Å². The Kier molecular flexibility index (Phi) is 8.39. The summed E-state index contributed by atoms with van der Waals surface area (Å²) in [5, 5.41) is 2.97. The molecular weight excluding hydrogens is 499 g/mol. The molecule has 39 heavy (non-hydrogen) atoms. The van der Waals surface area contributed by atoms with Crippen LogP contribution >= 0.6 is 0 Å². The standard InChI is InChI=1S/C30H37FN4O4/c1-6-39-28(37)25-24(19-34-14-16-35(17-15-34)27(36)21-8-7-9-23(31)18-21)33(5)29(38)32-26(25)20-10-12-22(13-11-20)30(2,3)4/h7-13,18,26H,6,14-17,19H2,1-5H3,(H,32,38). The van der Waals surface area contributed by atoms with Crippen molar-refractivity contribution in [1.29, 1.82) is 0 Å². The van der Waals surface area contributed by atoms with Crippen molar-refractivity contribution in [2.75, 3.05) is 46.4 Å². The Balaban J connectivity index is 1.58. The van der Waals surface area contributed by atoms with Crippen molar-refractivity contribution < 1.29 is 23.5 Å². The van der Waals surface area contributed by atoms with Crippen molar-refractivity contribution in [2.24, 2.45) is 0 Å². The Morgan fingerprint density at radius 1 is 1.05 bits per heavy atom. The van der Waals surface area contributed by atoms with Gasteiger partial charge in [0.05, 0.1) is 18.2 Å². The van der Waals surface area contributed by atoms with Crippen LogP contribution in [0.15, 0.2) is 59.8 Å². The van der Waals surface area contributed by atoms with E-state index in [1.54, 1.807) is 24.9 Å². The average molecular weight is 537 g/mol. The van der Waals surface area contributed by atoms with Gasteiger partial charge in [0.2, 0.25) is 0 Å². The van der Waals surface area contributed by atoms with Crippen LogP contribution in [0.5, 0.6) is 0 Å². The third kappa shape index (κ3) is 6.30. The highest BCUT2D eigenvalue weighted by Gasteiger charge is 2.38. The number of ether oxygens (including phenoxy) is 1. The van der Waals surface area contributed by atoms with Crippen molar-refractivity contribution in [2.45, 2.75) is 39.2 Å². The number of nitrogens with zero attached hydrogens (tertiary/aromatic N) is 3. The third-order valence-corrected chi connectivity index (χ3v) is 7.29. The van der Waals surface area contributed by atoms with Crippen LogP contribution in [0.4, 0.5) is 9.18 Å². The first-order chi connectivity index (χ1) is 18.5. The molecule has 1 unspecified atom stereocenters. The first-order valence-electron chi connectivity index (χ1n) is 13.3. The topological polar surface area (TPSA) is 82.2 Å². The molecule has 3 amide bonds.